The van der Waals surface area contributed by atoms with Crippen LogP contribution in [-0.2, 0) is 4.79 Å². The number of urea groups is 1. The van der Waals surface area contributed by atoms with Crippen LogP contribution in [0.4, 0.5) is 4.79 Å². The van der Waals surface area contributed by atoms with Crippen molar-refractivity contribution in [3.8, 4) is 0 Å². The fourth-order valence-corrected chi connectivity index (χ4v) is 2.80. The molecular formula is C14H26N2O4. The van der Waals surface area contributed by atoms with Crippen molar-refractivity contribution in [2.24, 2.45) is 5.41 Å². The highest BCUT2D eigenvalue weighted by atomic mass is 16.4. The Morgan fingerprint density at radius 1 is 1.40 bits per heavy atom. The Balaban J connectivity index is 2.76. The minimum absolute atomic E-state index is 0.217. The predicted molar refractivity (Wildman–Crippen MR) is 75.5 cm³/mol. The number of aliphatic carboxylic acids is 1. The molecule has 0 aromatic heterocycles. The van der Waals surface area contributed by atoms with Crippen LogP contribution in [0.3, 0.4) is 0 Å². The number of likely N-dealkylation sites (tertiary alicyclic amines) is 1. The summed E-state index contributed by atoms with van der Waals surface area (Å²) in [5.74, 6) is -0.831. The minimum Gasteiger partial charge on any atom is -0.481 e. The summed E-state index contributed by atoms with van der Waals surface area (Å²) in [5, 5.41) is 19.2. The van der Waals surface area contributed by atoms with Crippen molar-refractivity contribution in [1.82, 2.24) is 9.80 Å². The zero-order valence-electron chi connectivity index (χ0n) is 12.8. The standard InChI is InChI=1S/C14H26N2O4/c1-5-14(11(17)18)7-6-8-16(10-14)12(19)15(4)9-13(2,3)20/h20H,5-10H2,1-4H3,(H,17,18). The van der Waals surface area contributed by atoms with Crippen LogP contribution in [0.5, 0.6) is 0 Å². The van der Waals surface area contributed by atoms with E-state index in [1.54, 1.807) is 25.8 Å². The molecule has 2 amide bonds. The van der Waals surface area contributed by atoms with Crippen molar-refractivity contribution in [2.75, 3.05) is 26.7 Å². The van der Waals surface area contributed by atoms with Gasteiger partial charge in [-0.15, -0.1) is 0 Å². The number of carboxylic acids is 1. The van der Waals surface area contributed by atoms with Crippen LogP contribution >= 0.6 is 0 Å². The van der Waals surface area contributed by atoms with Crippen LogP contribution in [0.1, 0.15) is 40.0 Å². The molecule has 1 aliphatic heterocycles. The Morgan fingerprint density at radius 3 is 2.45 bits per heavy atom. The first-order chi connectivity index (χ1) is 9.11. The number of nitrogens with zero attached hydrogens (tertiary/aromatic N) is 2. The molecule has 2 N–H and O–H groups in total. The highest BCUT2D eigenvalue weighted by Gasteiger charge is 2.42. The monoisotopic (exact) mass is 286 g/mol. The van der Waals surface area contributed by atoms with Gasteiger partial charge >= 0.3 is 12.0 Å². The van der Waals surface area contributed by atoms with E-state index in [-0.39, 0.29) is 19.1 Å². The second-order valence-corrected chi connectivity index (χ2v) is 6.42. The van der Waals surface area contributed by atoms with Gasteiger partial charge in [0.1, 0.15) is 0 Å². The van der Waals surface area contributed by atoms with Crippen molar-refractivity contribution in [1.29, 1.82) is 0 Å². The average Bonchev–Trinajstić information content (AvgIpc) is 2.35. The summed E-state index contributed by atoms with van der Waals surface area (Å²) in [6.07, 6.45) is 1.82. The van der Waals surface area contributed by atoms with Gasteiger partial charge in [0.2, 0.25) is 0 Å². The van der Waals surface area contributed by atoms with Crippen LogP contribution < -0.4 is 0 Å². The van der Waals surface area contributed by atoms with E-state index in [0.717, 1.165) is 0 Å². The summed E-state index contributed by atoms with van der Waals surface area (Å²) >= 11 is 0. The lowest BCUT2D eigenvalue weighted by Gasteiger charge is -2.41. The molecule has 0 aromatic carbocycles. The maximum Gasteiger partial charge on any atom is 0.319 e. The molecule has 1 fully saturated rings. The second kappa shape index (κ2) is 5.99. The van der Waals surface area contributed by atoms with Gasteiger partial charge in [0.25, 0.3) is 0 Å². The van der Waals surface area contributed by atoms with E-state index in [4.69, 9.17) is 0 Å². The van der Waals surface area contributed by atoms with Crippen molar-refractivity contribution >= 4 is 12.0 Å². The highest BCUT2D eigenvalue weighted by Crippen LogP contribution is 2.34. The molecule has 6 heteroatoms. The van der Waals surface area contributed by atoms with E-state index >= 15 is 0 Å². The fraction of sp³-hybridized carbons (Fsp3) is 0.857. The second-order valence-electron chi connectivity index (χ2n) is 6.42. The molecule has 0 radical (unpaired) electrons. The number of carbonyl (C=O) groups excluding carboxylic acids is 1. The number of hydrogen-bond donors (Lipinski definition) is 2. The fourth-order valence-electron chi connectivity index (χ4n) is 2.80. The van der Waals surface area contributed by atoms with Gasteiger partial charge in [0.15, 0.2) is 0 Å². The topological polar surface area (TPSA) is 81.1 Å². The zero-order chi connectivity index (χ0) is 15.6. The maximum absolute atomic E-state index is 12.3. The first kappa shape index (κ1) is 16.8. The molecule has 1 aliphatic rings. The Labute approximate surface area is 120 Å². The minimum atomic E-state index is -0.963. The van der Waals surface area contributed by atoms with Crippen LogP contribution in [-0.4, -0.2) is 64.3 Å². The number of piperidine rings is 1. The molecule has 0 saturated carbocycles. The van der Waals surface area contributed by atoms with Crippen molar-refractivity contribution in [3.63, 3.8) is 0 Å². The predicted octanol–water partition coefficient (Wildman–Crippen LogP) is 1.39. The van der Waals surface area contributed by atoms with Crippen LogP contribution in [0.2, 0.25) is 0 Å². The van der Waals surface area contributed by atoms with E-state index in [1.165, 1.54) is 4.90 Å². The van der Waals surface area contributed by atoms with Gasteiger partial charge in [-0.25, -0.2) is 4.79 Å². The number of carboxylic acid groups (broad SMARTS) is 1. The maximum atomic E-state index is 12.3. The summed E-state index contributed by atoms with van der Waals surface area (Å²) in [5.41, 5.74) is -1.79. The van der Waals surface area contributed by atoms with E-state index in [1.807, 2.05) is 6.92 Å². The van der Waals surface area contributed by atoms with E-state index in [2.05, 4.69) is 0 Å². The Kier molecular flexibility index (Phi) is 5.02. The zero-order valence-corrected chi connectivity index (χ0v) is 12.8. The lowest BCUT2D eigenvalue weighted by molar-refractivity contribution is -0.152. The van der Waals surface area contributed by atoms with E-state index in [9.17, 15) is 19.8 Å². The third-order valence-electron chi connectivity index (χ3n) is 3.93. The molecule has 0 aromatic rings. The van der Waals surface area contributed by atoms with Crippen LogP contribution in [0.25, 0.3) is 0 Å². The van der Waals surface area contributed by atoms with Gasteiger partial charge in [-0.3, -0.25) is 4.79 Å². The average molecular weight is 286 g/mol. The summed E-state index contributed by atoms with van der Waals surface area (Å²) in [7, 11) is 1.63. The molecule has 6 nitrogen and oxygen atoms in total. The number of likely N-dealkylation sites (N-methyl/N-ethyl adjacent to an activating group) is 1. The Bertz CT molecular complexity index is 378. The quantitative estimate of drug-likeness (QED) is 0.818. The third kappa shape index (κ3) is 3.85. The Hall–Kier alpha value is -1.30. The molecule has 1 atom stereocenters. The molecule has 1 heterocycles. The molecule has 1 saturated heterocycles. The van der Waals surface area contributed by atoms with Gasteiger partial charge in [-0.1, -0.05) is 6.92 Å². The molecule has 1 unspecified atom stereocenters. The molecule has 1 rings (SSSR count). The molecule has 0 spiro atoms. The molecular weight excluding hydrogens is 260 g/mol. The SMILES string of the molecule is CCC1(C(=O)O)CCCN(C(=O)N(C)CC(C)(C)O)C1. The molecule has 116 valence electrons. The van der Waals surface area contributed by atoms with Gasteiger partial charge in [0.05, 0.1) is 17.6 Å². The first-order valence-electron chi connectivity index (χ1n) is 7.07. The number of rotatable bonds is 4. The van der Waals surface area contributed by atoms with Crippen molar-refractivity contribution < 1.29 is 19.8 Å². The lowest BCUT2D eigenvalue weighted by Crippen LogP contribution is -2.54. The summed E-state index contributed by atoms with van der Waals surface area (Å²) < 4.78 is 0. The van der Waals surface area contributed by atoms with Gasteiger partial charge in [0, 0.05) is 20.1 Å². The summed E-state index contributed by atoms with van der Waals surface area (Å²) in [6.45, 7) is 6.16. The Morgan fingerprint density at radius 2 is 2.00 bits per heavy atom. The molecule has 0 bridgehead atoms. The normalized spacial score (nSPS) is 23.6. The molecule has 0 aliphatic carbocycles. The number of carbonyl (C=O) groups is 2. The van der Waals surface area contributed by atoms with E-state index in [0.29, 0.717) is 25.8 Å². The number of hydrogen-bond acceptors (Lipinski definition) is 3. The summed E-state index contributed by atoms with van der Waals surface area (Å²) in [6, 6.07) is -0.217. The van der Waals surface area contributed by atoms with Crippen LogP contribution in [0.15, 0.2) is 0 Å². The largest absolute Gasteiger partial charge is 0.481 e. The van der Waals surface area contributed by atoms with Crippen molar-refractivity contribution in [3.05, 3.63) is 0 Å². The summed E-state index contributed by atoms with van der Waals surface area (Å²) in [4.78, 5) is 26.9. The number of aliphatic hydroxyl groups is 1. The van der Waals surface area contributed by atoms with Gasteiger partial charge < -0.3 is 20.0 Å². The van der Waals surface area contributed by atoms with Crippen molar-refractivity contribution in [2.45, 2.75) is 45.6 Å². The smallest absolute Gasteiger partial charge is 0.319 e. The van der Waals surface area contributed by atoms with Crippen LogP contribution in [0, 0.1) is 5.41 Å². The van der Waals surface area contributed by atoms with E-state index < -0.39 is 17.0 Å². The van der Waals surface area contributed by atoms with Gasteiger partial charge in [-0.2, -0.15) is 0 Å². The highest BCUT2D eigenvalue weighted by molar-refractivity contribution is 5.78. The van der Waals surface area contributed by atoms with Gasteiger partial charge in [-0.05, 0) is 33.1 Å². The molecule has 20 heavy (non-hydrogen) atoms. The first-order valence-corrected chi connectivity index (χ1v) is 7.07. The number of amides is 2. The lowest BCUT2D eigenvalue weighted by atomic mass is 9.78. The third-order valence-corrected chi connectivity index (χ3v) is 3.93.